The summed E-state index contributed by atoms with van der Waals surface area (Å²) in [5.41, 5.74) is 0. The van der Waals surface area contributed by atoms with Gasteiger partial charge in [-0.1, -0.05) is 215 Å². The number of allylic oxidation sites excluding steroid dienone is 14. The van der Waals surface area contributed by atoms with Gasteiger partial charge in [0.25, 0.3) is 0 Å². The van der Waals surface area contributed by atoms with E-state index in [9.17, 15) is 14.4 Å². The van der Waals surface area contributed by atoms with Crippen molar-refractivity contribution in [3.63, 3.8) is 0 Å². The second-order valence-electron chi connectivity index (χ2n) is 18.1. The largest absolute Gasteiger partial charge is 0.462 e. The van der Waals surface area contributed by atoms with Gasteiger partial charge in [-0.3, -0.25) is 14.4 Å². The molecule has 0 saturated carbocycles. The highest BCUT2D eigenvalue weighted by atomic mass is 16.6. The molecule has 0 radical (unpaired) electrons. The van der Waals surface area contributed by atoms with Gasteiger partial charge >= 0.3 is 17.9 Å². The van der Waals surface area contributed by atoms with Gasteiger partial charge in [-0.15, -0.1) is 0 Å². The Balaban J connectivity index is 4.43. The molecule has 0 aromatic heterocycles. The van der Waals surface area contributed by atoms with Crippen LogP contribution in [0.4, 0.5) is 0 Å². The van der Waals surface area contributed by atoms with Crippen LogP contribution in [0.1, 0.15) is 258 Å². The summed E-state index contributed by atoms with van der Waals surface area (Å²) in [6.45, 7) is 6.39. The van der Waals surface area contributed by atoms with Crippen LogP contribution in [-0.4, -0.2) is 37.2 Å². The second-order valence-corrected chi connectivity index (χ2v) is 18.1. The van der Waals surface area contributed by atoms with Crippen LogP contribution in [0.15, 0.2) is 85.1 Å². The quantitative estimate of drug-likeness (QED) is 0.0262. The first-order chi connectivity index (χ1) is 32.5. The van der Waals surface area contributed by atoms with Crippen LogP contribution in [0.3, 0.4) is 0 Å². The number of esters is 3. The van der Waals surface area contributed by atoms with E-state index in [0.29, 0.717) is 19.3 Å². The topological polar surface area (TPSA) is 78.9 Å². The minimum atomic E-state index is -0.795. The number of carbonyl (C=O) groups excluding carboxylic acids is 3. The molecule has 0 aromatic carbocycles. The van der Waals surface area contributed by atoms with Crippen LogP contribution in [-0.2, 0) is 28.6 Å². The van der Waals surface area contributed by atoms with Gasteiger partial charge in [0.15, 0.2) is 6.10 Å². The Hall–Kier alpha value is -3.41. The van der Waals surface area contributed by atoms with Crippen molar-refractivity contribution in [2.75, 3.05) is 13.2 Å². The molecule has 0 aliphatic heterocycles. The van der Waals surface area contributed by atoms with E-state index in [1.807, 2.05) is 0 Å². The number of rotatable bonds is 49. The van der Waals surface area contributed by atoms with E-state index < -0.39 is 6.10 Å². The highest BCUT2D eigenvalue weighted by Gasteiger charge is 2.19. The molecule has 0 aromatic rings. The first kappa shape index (κ1) is 62.6. The summed E-state index contributed by atoms with van der Waals surface area (Å²) in [4.78, 5) is 38.1. The molecule has 0 bridgehead atoms. The average molecular weight is 919 g/mol. The van der Waals surface area contributed by atoms with Crippen molar-refractivity contribution in [2.24, 2.45) is 0 Å². The minimum Gasteiger partial charge on any atom is -0.462 e. The molecule has 0 spiro atoms. The molecule has 0 heterocycles. The summed E-state index contributed by atoms with van der Waals surface area (Å²) in [6, 6.07) is 0. The van der Waals surface area contributed by atoms with Crippen molar-refractivity contribution >= 4 is 17.9 Å². The van der Waals surface area contributed by atoms with Crippen LogP contribution in [0.2, 0.25) is 0 Å². The van der Waals surface area contributed by atoms with E-state index in [-0.39, 0.29) is 31.1 Å². The van der Waals surface area contributed by atoms with E-state index in [1.54, 1.807) is 0 Å². The summed E-state index contributed by atoms with van der Waals surface area (Å²) >= 11 is 0. The number of ether oxygens (including phenoxy) is 3. The SMILES string of the molecule is CC/C=C\C/C=C\C/C=C\CCCCCCCC(=O)OCC(COC(=O)CCCCCCCCC/C=C\CCCCCCCCC)OC(=O)CCCCCCC/C=C\C/C=C\C/C=C\CC. The third-order valence-electron chi connectivity index (χ3n) is 11.6. The van der Waals surface area contributed by atoms with E-state index in [0.717, 1.165) is 135 Å². The van der Waals surface area contributed by atoms with E-state index in [2.05, 4.69) is 106 Å². The maximum Gasteiger partial charge on any atom is 0.306 e. The molecule has 6 nitrogen and oxygen atoms in total. The Labute approximate surface area is 407 Å². The molecule has 0 rings (SSSR count). The molecule has 0 aliphatic carbocycles. The predicted octanol–water partition coefficient (Wildman–Crippen LogP) is 18.4. The summed E-state index contributed by atoms with van der Waals surface area (Å²) in [6.07, 6.45) is 70.0. The molecule has 0 fully saturated rings. The Morgan fingerprint density at radius 2 is 0.591 bits per heavy atom. The lowest BCUT2D eigenvalue weighted by Crippen LogP contribution is -2.30. The normalized spacial score (nSPS) is 12.7. The van der Waals surface area contributed by atoms with Gasteiger partial charge in [-0.25, -0.2) is 0 Å². The molecule has 0 amide bonds. The van der Waals surface area contributed by atoms with Gasteiger partial charge in [0, 0.05) is 19.3 Å². The molecule has 0 aliphatic rings. The molecule has 0 N–H and O–H groups in total. The van der Waals surface area contributed by atoms with Crippen LogP contribution >= 0.6 is 0 Å². The maximum atomic E-state index is 12.8. The molecule has 66 heavy (non-hydrogen) atoms. The van der Waals surface area contributed by atoms with Gasteiger partial charge in [-0.2, -0.15) is 0 Å². The summed E-state index contributed by atoms with van der Waals surface area (Å²) in [7, 11) is 0. The zero-order chi connectivity index (χ0) is 47.9. The Kier molecular flexibility index (Phi) is 51.4. The summed E-state index contributed by atoms with van der Waals surface area (Å²) < 4.78 is 16.8. The fraction of sp³-hybridized carbons (Fsp3) is 0.717. The smallest absolute Gasteiger partial charge is 0.306 e. The minimum absolute atomic E-state index is 0.0917. The molecule has 6 heteroatoms. The van der Waals surface area contributed by atoms with E-state index >= 15 is 0 Å². The summed E-state index contributed by atoms with van der Waals surface area (Å²) in [5, 5.41) is 0. The van der Waals surface area contributed by atoms with Crippen molar-refractivity contribution in [3.8, 4) is 0 Å². The Bertz CT molecular complexity index is 1290. The lowest BCUT2D eigenvalue weighted by molar-refractivity contribution is -0.167. The number of unbranched alkanes of at least 4 members (excludes halogenated alkanes) is 24. The average Bonchev–Trinajstić information content (AvgIpc) is 3.31. The molecule has 1 unspecified atom stereocenters. The van der Waals surface area contributed by atoms with Crippen LogP contribution in [0, 0.1) is 0 Å². The summed E-state index contributed by atoms with van der Waals surface area (Å²) in [5.74, 6) is -0.927. The van der Waals surface area contributed by atoms with Crippen molar-refractivity contribution in [1.29, 1.82) is 0 Å². The fourth-order valence-corrected chi connectivity index (χ4v) is 7.52. The molecule has 378 valence electrons. The van der Waals surface area contributed by atoms with E-state index in [4.69, 9.17) is 14.2 Å². The molecular formula is C60H102O6. The van der Waals surface area contributed by atoms with Crippen molar-refractivity contribution in [3.05, 3.63) is 85.1 Å². The van der Waals surface area contributed by atoms with Crippen molar-refractivity contribution in [1.82, 2.24) is 0 Å². The lowest BCUT2D eigenvalue weighted by atomic mass is 10.1. The van der Waals surface area contributed by atoms with Crippen LogP contribution in [0.5, 0.6) is 0 Å². The van der Waals surface area contributed by atoms with Gasteiger partial charge < -0.3 is 14.2 Å². The fourth-order valence-electron chi connectivity index (χ4n) is 7.52. The van der Waals surface area contributed by atoms with Gasteiger partial charge in [0.05, 0.1) is 0 Å². The van der Waals surface area contributed by atoms with Gasteiger partial charge in [-0.05, 0) is 109 Å². The highest BCUT2D eigenvalue weighted by molar-refractivity contribution is 5.71. The Morgan fingerprint density at radius 1 is 0.318 bits per heavy atom. The van der Waals surface area contributed by atoms with Crippen LogP contribution < -0.4 is 0 Å². The first-order valence-corrected chi connectivity index (χ1v) is 27.6. The van der Waals surface area contributed by atoms with E-state index in [1.165, 1.54) is 83.5 Å². The van der Waals surface area contributed by atoms with Gasteiger partial charge in [0.1, 0.15) is 13.2 Å². The third-order valence-corrected chi connectivity index (χ3v) is 11.6. The third kappa shape index (κ3) is 51.6. The lowest BCUT2D eigenvalue weighted by Gasteiger charge is -2.18. The van der Waals surface area contributed by atoms with Crippen molar-refractivity contribution in [2.45, 2.75) is 264 Å². The highest BCUT2D eigenvalue weighted by Crippen LogP contribution is 2.14. The first-order valence-electron chi connectivity index (χ1n) is 27.6. The molecule has 0 saturated heterocycles. The zero-order valence-corrected chi connectivity index (χ0v) is 43.2. The standard InChI is InChI=1S/C60H102O6/c1-4-7-10-13-16-19-22-25-28-29-30-33-35-38-41-44-47-50-53-59(62)65-56-57(66-60(63)54-51-48-45-42-39-36-32-27-24-21-18-15-12-9-6-3)55-64-58(61)52-49-46-43-40-37-34-31-26-23-20-17-14-11-8-5-2/h8-9,11-12,17-18,20-21,26-29,31-32,57H,4-7,10,13-16,19,22-25,30,33-56H2,1-3H3/b11-8-,12-9-,20-17-,21-18-,29-28-,31-26-,32-27-. The predicted molar refractivity (Wildman–Crippen MR) is 284 cm³/mol. The van der Waals surface area contributed by atoms with Gasteiger partial charge in [0.2, 0.25) is 0 Å². The number of carbonyl (C=O) groups is 3. The Morgan fingerprint density at radius 3 is 0.939 bits per heavy atom. The van der Waals surface area contributed by atoms with Crippen molar-refractivity contribution < 1.29 is 28.6 Å². The second kappa shape index (κ2) is 54.2. The zero-order valence-electron chi connectivity index (χ0n) is 43.2. The van der Waals surface area contributed by atoms with Crippen LogP contribution in [0.25, 0.3) is 0 Å². The number of hydrogen-bond acceptors (Lipinski definition) is 6. The molecular weight excluding hydrogens is 817 g/mol. The molecule has 1 atom stereocenters. The maximum absolute atomic E-state index is 12.8. The number of hydrogen-bond donors (Lipinski definition) is 0. The monoisotopic (exact) mass is 919 g/mol.